The fraction of sp³-hybridized carbons (Fsp3) is 0.389. The highest BCUT2D eigenvalue weighted by molar-refractivity contribution is 5.85. The third kappa shape index (κ3) is 4.59. The summed E-state index contributed by atoms with van der Waals surface area (Å²) < 4.78 is 15.2. The van der Waals surface area contributed by atoms with Crippen molar-refractivity contribution in [1.29, 1.82) is 0 Å². The lowest BCUT2D eigenvalue weighted by atomic mass is 10.0. The van der Waals surface area contributed by atoms with E-state index in [2.05, 4.69) is 10.1 Å². The van der Waals surface area contributed by atoms with Crippen LogP contribution in [0.2, 0.25) is 0 Å². The molecular weight excluding hydrogens is 326 g/mol. The zero-order valence-corrected chi connectivity index (χ0v) is 14.6. The van der Waals surface area contributed by atoms with Crippen LogP contribution in [0.15, 0.2) is 33.5 Å². The van der Waals surface area contributed by atoms with E-state index in [0.29, 0.717) is 11.3 Å². The molecule has 0 spiro atoms. The van der Waals surface area contributed by atoms with Gasteiger partial charge < -0.3 is 19.2 Å². The van der Waals surface area contributed by atoms with E-state index in [1.54, 1.807) is 32.0 Å². The molecule has 0 saturated carbocycles. The van der Waals surface area contributed by atoms with Crippen LogP contribution in [0.25, 0.3) is 11.0 Å². The molecule has 1 aromatic carbocycles. The van der Waals surface area contributed by atoms with Gasteiger partial charge in [0.15, 0.2) is 6.61 Å². The first kappa shape index (κ1) is 18.5. The minimum Gasteiger partial charge on any atom is -0.484 e. The molecule has 0 radical (unpaired) electrons. The quantitative estimate of drug-likeness (QED) is 0.632. The molecule has 1 aromatic heterocycles. The molecule has 7 heteroatoms. The van der Waals surface area contributed by atoms with Crippen molar-refractivity contribution < 1.29 is 23.5 Å². The Labute approximate surface area is 144 Å². The molecule has 1 amide bonds. The third-order valence-corrected chi connectivity index (χ3v) is 3.73. The van der Waals surface area contributed by atoms with E-state index in [1.165, 1.54) is 13.2 Å². The topological polar surface area (TPSA) is 94.8 Å². The van der Waals surface area contributed by atoms with E-state index in [-0.39, 0.29) is 12.5 Å². The van der Waals surface area contributed by atoms with Crippen molar-refractivity contribution in [2.24, 2.45) is 5.92 Å². The number of carbonyl (C=O) groups is 2. The van der Waals surface area contributed by atoms with Crippen LogP contribution in [0.5, 0.6) is 5.75 Å². The van der Waals surface area contributed by atoms with Gasteiger partial charge in [0.05, 0.1) is 7.11 Å². The van der Waals surface area contributed by atoms with Gasteiger partial charge in [-0.25, -0.2) is 9.59 Å². The normalized spacial score (nSPS) is 12.0. The Morgan fingerprint density at radius 2 is 1.96 bits per heavy atom. The van der Waals surface area contributed by atoms with E-state index in [4.69, 9.17) is 9.15 Å². The van der Waals surface area contributed by atoms with E-state index in [1.807, 2.05) is 6.92 Å². The lowest BCUT2D eigenvalue weighted by molar-refractivity contribution is -0.146. The van der Waals surface area contributed by atoms with Gasteiger partial charge in [-0.1, -0.05) is 13.8 Å². The van der Waals surface area contributed by atoms with Gasteiger partial charge in [-0.2, -0.15) is 0 Å². The predicted octanol–water partition coefficient (Wildman–Crippen LogP) is 1.79. The van der Waals surface area contributed by atoms with Crippen LogP contribution in [0.3, 0.4) is 0 Å². The fourth-order valence-electron chi connectivity index (χ4n) is 2.38. The van der Waals surface area contributed by atoms with Crippen molar-refractivity contribution in [3.8, 4) is 5.75 Å². The van der Waals surface area contributed by atoms with Gasteiger partial charge >= 0.3 is 11.6 Å². The largest absolute Gasteiger partial charge is 0.484 e. The third-order valence-electron chi connectivity index (χ3n) is 3.73. The summed E-state index contributed by atoms with van der Waals surface area (Å²) >= 11 is 0. The zero-order valence-electron chi connectivity index (χ0n) is 14.6. The SMILES string of the molecule is COC(=O)[C@H](NC(=O)COc1ccc2c(C)cc(=O)oc2c1)C(C)C. The van der Waals surface area contributed by atoms with Crippen LogP contribution in [-0.2, 0) is 14.3 Å². The summed E-state index contributed by atoms with van der Waals surface area (Å²) in [4.78, 5) is 35.1. The van der Waals surface area contributed by atoms with E-state index in [9.17, 15) is 14.4 Å². The summed E-state index contributed by atoms with van der Waals surface area (Å²) in [5.74, 6) is -0.689. The monoisotopic (exact) mass is 347 g/mol. The van der Waals surface area contributed by atoms with Gasteiger partial charge in [0.2, 0.25) is 0 Å². The lowest BCUT2D eigenvalue weighted by Gasteiger charge is -2.19. The standard InChI is InChI=1S/C18H21NO6/c1-10(2)17(18(22)23-4)19-15(20)9-24-12-5-6-13-11(3)7-16(21)25-14(13)8-12/h5-8,10,17H,9H2,1-4H3,(H,19,20)/t17-/m1/s1. The molecule has 134 valence electrons. The van der Waals surface area contributed by atoms with Crippen molar-refractivity contribution >= 4 is 22.8 Å². The molecule has 7 nitrogen and oxygen atoms in total. The molecule has 1 heterocycles. The maximum absolute atomic E-state index is 12.0. The summed E-state index contributed by atoms with van der Waals surface area (Å²) in [6.45, 7) is 5.14. The first-order chi connectivity index (χ1) is 11.8. The van der Waals surface area contributed by atoms with Crippen molar-refractivity contribution in [3.63, 3.8) is 0 Å². The smallest absolute Gasteiger partial charge is 0.336 e. The first-order valence-electron chi connectivity index (χ1n) is 7.86. The van der Waals surface area contributed by atoms with Crippen LogP contribution in [-0.4, -0.2) is 31.6 Å². The summed E-state index contributed by atoms with van der Waals surface area (Å²) in [6, 6.07) is 5.67. The van der Waals surface area contributed by atoms with Crippen LogP contribution in [0.4, 0.5) is 0 Å². The summed E-state index contributed by atoms with van der Waals surface area (Å²) in [5, 5.41) is 3.37. The zero-order chi connectivity index (χ0) is 18.6. The molecule has 0 aliphatic rings. The Balaban J connectivity index is 2.05. The average molecular weight is 347 g/mol. The first-order valence-corrected chi connectivity index (χ1v) is 7.86. The number of benzene rings is 1. The minimum absolute atomic E-state index is 0.116. The number of methoxy groups -OCH3 is 1. The second kappa shape index (κ2) is 7.83. The Bertz CT molecular complexity index is 839. The minimum atomic E-state index is -0.738. The maximum atomic E-state index is 12.0. The number of ether oxygens (including phenoxy) is 2. The second-order valence-corrected chi connectivity index (χ2v) is 6.01. The Kier molecular flexibility index (Phi) is 5.80. The molecule has 2 rings (SSSR count). The molecule has 1 atom stereocenters. The number of hydrogen-bond acceptors (Lipinski definition) is 6. The second-order valence-electron chi connectivity index (χ2n) is 6.01. The molecular formula is C18H21NO6. The Morgan fingerprint density at radius 3 is 2.60 bits per heavy atom. The Hall–Kier alpha value is -2.83. The number of hydrogen-bond donors (Lipinski definition) is 1. The number of amides is 1. The van der Waals surface area contributed by atoms with Crippen molar-refractivity contribution in [2.75, 3.05) is 13.7 Å². The molecule has 0 saturated heterocycles. The van der Waals surface area contributed by atoms with Gasteiger partial charge in [-0.15, -0.1) is 0 Å². The number of rotatable bonds is 6. The van der Waals surface area contributed by atoms with Crippen LogP contribution < -0.4 is 15.7 Å². The number of esters is 1. The van der Waals surface area contributed by atoms with Gasteiger partial charge in [0, 0.05) is 17.5 Å². The van der Waals surface area contributed by atoms with E-state index < -0.39 is 23.5 Å². The van der Waals surface area contributed by atoms with Crippen LogP contribution in [0.1, 0.15) is 19.4 Å². The highest BCUT2D eigenvalue weighted by atomic mass is 16.5. The van der Waals surface area contributed by atoms with Crippen molar-refractivity contribution in [1.82, 2.24) is 5.32 Å². The van der Waals surface area contributed by atoms with E-state index in [0.717, 1.165) is 10.9 Å². The van der Waals surface area contributed by atoms with Crippen molar-refractivity contribution in [3.05, 3.63) is 40.2 Å². The summed E-state index contributed by atoms with van der Waals surface area (Å²) in [5.41, 5.74) is 0.740. The highest BCUT2D eigenvalue weighted by Gasteiger charge is 2.24. The molecule has 0 fully saturated rings. The molecule has 25 heavy (non-hydrogen) atoms. The molecule has 0 aliphatic heterocycles. The lowest BCUT2D eigenvalue weighted by Crippen LogP contribution is -2.46. The van der Waals surface area contributed by atoms with Gasteiger partial charge in [-0.05, 0) is 30.5 Å². The van der Waals surface area contributed by atoms with Gasteiger partial charge in [0.1, 0.15) is 17.4 Å². The van der Waals surface area contributed by atoms with Crippen LogP contribution in [0, 0.1) is 12.8 Å². The molecule has 1 N–H and O–H groups in total. The predicted molar refractivity (Wildman–Crippen MR) is 91.5 cm³/mol. The number of nitrogens with one attached hydrogen (secondary N) is 1. The Morgan fingerprint density at radius 1 is 1.24 bits per heavy atom. The number of fused-ring (bicyclic) bond motifs is 1. The number of carbonyl (C=O) groups excluding carboxylic acids is 2. The molecule has 0 aliphatic carbocycles. The molecule has 2 aromatic rings. The van der Waals surface area contributed by atoms with Crippen LogP contribution >= 0.6 is 0 Å². The van der Waals surface area contributed by atoms with Gasteiger partial charge in [0.25, 0.3) is 5.91 Å². The maximum Gasteiger partial charge on any atom is 0.336 e. The van der Waals surface area contributed by atoms with Crippen molar-refractivity contribution in [2.45, 2.75) is 26.8 Å². The summed E-state index contributed by atoms with van der Waals surface area (Å²) in [6.07, 6.45) is 0. The number of aryl methyl sites for hydroxylation is 1. The van der Waals surface area contributed by atoms with E-state index >= 15 is 0 Å². The molecule has 0 bridgehead atoms. The summed E-state index contributed by atoms with van der Waals surface area (Å²) in [7, 11) is 1.27. The molecule has 0 unspecified atom stereocenters. The highest BCUT2D eigenvalue weighted by Crippen LogP contribution is 2.22. The fourth-order valence-corrected chi connectivity index (χ4v) is 2.38. The average Bonchev–Trinajstić information content (AvgIpc) is 2.56. The van der Waals surface area contributed by atoms with Gasteiger partial charge in [-0.3, -0.25) is 4.79 Å².